The largest absolute Gasteiger partial charge is 0.490 e. The lowest BCUT2D eigenvalue weighted by Crippen LogP contribution is -2.33. The number of H-pyrrole nitrogens is 1. The first-order chi connectivity index (χ1) is 18.4. The lowest BCUT2D eigenvalue weighted by atomic mass is 10.2. The zero-order chi connectivity index (χ0) is 30.3. The Hall–Kier alpha value is -1.26. The average Bonchev–Trinajstić information content (AvgIpc) is 3.16. The third-order valence-corrected chi connectivity index (χ3v) is 10.3. The molecule has 0 aromatic carbocycles. The Morgan fingerprint density at radius 2 is 1.93 bits per heavy atom. The molecule has 2 heterocycles. The van der Waals surface area contributed by atoms with E-state index in [1.165, 1.54) is 28.5 Å². The van der Waals surface area contributed by atoms with E-state index in [9.17, 15) is 37.9 Å². The number of hydrogen-bond acceptors (Lipinski definition) is 13. The quantitative estimate of drug-likeness (QED) is 0.0718. The topological polar surface area (TPSA) is 262 Å². The second-order valence-corrected chi connectivity index (χ2v) is 14.9. The van der Waals surface area contributed by atoms with Gasteiger partial charge in [0.25, 0.3) is 5.56 Å². The van der Waals surface area contributed by atoms with Gasteiger partial charge in [0, 0.05) is 19.5 Å². The molecular weight excluding hydrogens is 643 g/mol. The first-order valence-electron chi connectivity index (χ1n) is 10.8. The summed E-state index contributed by atoms with van der Waals surface area (Å²) in [6.45, 7) is 2.10. The summed E-state index contributed by atoms with van der Waals surface area (Å²) < 4.78 is 59.3. The lowest BCUT2D eigenvalue weighted by molar-refractivity contribution is -0.118. The third-order valence-electron chi connectivity index (χ3n) is 4.52. The second kappa shape index (κ2) is 14.8. The van der Waals surface area contributed by atoms with Crippen molar-refractivity contribution in [2.45, 2.75) is 44.1 Å². The van der Waals surface area contributed by atoms with Crippen molar-refractivity contribution in [3.63, 3.8) is 0 Å². The van der Waals surface area contributed by atoms with E-state index in [0.29, 0.717) is 0 Å². The molecule has 2 rings (SSSR count). The van der Waals surface area contributed by atoms with Crippen molar-refractivity contribution < 1.29 is 60.7 Å². The monoisotopic (exact) mass is 669 g/mol. The van der Waals surface area contributed by atoms with Crippen LogP contribution in [0.4, 0.5) is 0 Å². The summed E-state index contributed by atoms with van der Waals surface area (Å²) in [6, 6.07) is 0. The van der Waals surface area contributed by atoms with Gasteiger partial charge >= 0.3 is 29.2 Å². The molecule has 1 aromatic heterocycles. The van der Waals surface area contributed by atoms with Crippen molar-refractivity contribution in [1.29, 1.82) is 0 Å². The predicted octanol–water partition coefficient (Wildman–Crippen LogP) is 0.397. The number of carbonyl (C=O) groups excluding carboxylic acids is 1. The average molecular weight is 669 g/mol. The van der Waals surface area contributed by atoms with Crippen LogP contribution >= 0.6 is 45.1 Å². The molecule has 6 N–H and O–H groups in total. The number of nitrogens with zero attached hydrogens (tertiary/aromatic N) is 1. The number of aromatic amines is 1. The maximum absolute atomic E-state index is 12.5. The van der Waals surface area contributed by atoms with Crippen molar-refractivity contribution in [2.75, 3.05) is 19.4 Å². The van der Waals surface area contributed by atoms with E-state index < -0.39 is 65.2 Å². The Bertz CT molecular complexity index is 1390. The van der Waals surface area contributed by atoms with Crippen molar-refractivity contribution in [3.05, 3.63) is 32.6 Å². The number of aromatic nitrogens is 2. The van der Waals surface area contributed by atoms with Crippen LogP contribution < -0.4 is 16.6 Å². The Morgan fingerprint density at radius 1 is 1.25 bits per heavy atom. The van der Waals surface area contributed by atoms with E-state index in [2.05, 4.69) is 35.3 Å². The third kappa shape index (κ3) is 11.9. The van der Waals surface area contributed by atoms with E-state index in [-0.39, 0.29) is 24.4 Å². The molecule has 1 aliphatic heterocycles. The Kier molecular flexibility index (Phi) is 12.9. The molecule has 6 atom stereocenters. The van der Waals surface area contributed by atoms with Crippen LogP contribution in [0.25, 0.3) is 0 Å². The fourth-order valence-electron chi connectivity index (χ4n) is 3.14. The Morgan fingerprint density at radius 3 is 2.52 bits per heavy atom. The number of phosphoric ester groups is 1. The van der Waals surface area contributed by atoms with Gasteiger partial charge in [0.2, 0.25) is 5.91 Å². The molecule has 0 spiro atoms. The molecule has 18 nitrogen and oxygen atoms in total. The van der Waals surface area contributed by atoms with Gasteiger partial charge in [-0.15, -0.1) is 0 Å². The molecule has 40 heavy (non-hydrogen) atoms. The number of amides is 1. The molecule has 226 valence electrons. The molecule has 0 bridgehead atoms. The molecule has 1 saturated heterocycles. The molecule has 23 heteroatoms. The standard InChI is InChI=1S/C17H26N3O15P3S2/c1-10(21)18-6-4-5-12-8-20(17(23)19-16(12)22)15-7-13(32-11(2)40-39-3)14(33-15)9-31-37(27,28)35-38(29,30)34-36(24,25)26/h8,11,13-15H,6-7,9H2,1-3H3,(H,18,21)(H,27,28)(H,29,30)(H,19,22,23)(H2,24,25,26)/t11-,13?,14?,15?/m0/s1. The van der Waals surface area contributed by atoms with Gasteiger partial charge in [-0.25, -0.2) is 18.5 Å². The summed E-state index contributed by atoms with van der Waals surface area (Å²) in [4.78, 5) is 74.2. The highest BCUT2D eigenvalue weighted by Gasteiger charge is 2.44. The fourth-order valence-corrected chi connectivity index (χ4v) is 7.57. The maximum Gasteiger partial charge on any atom is 0.490 e. The summed E-state index contributed by atoms with van der Waals surface area (Å²) in [7, 11) is -14.1. The first kappa shape index (κ1) is 34.9. The molecule has 0 radical (unpaired) electrons. The normalized spacial score (nSPS) is 22.9. The van der Waals surface area contributed by atoms with Crippen LogP contribution in [0, 0.1) is 11.8 Å². The van der Waals surface area contributed by atoms with Gasteiger partial charge in [-0.05, 0) is 13.2 Å². The zero-order valence-corrected chi connectivity index (χ0v) is 25.2. The van der Waals surface area contributed by atoms with Gasteiger partial charge in [-0.3, -0.25) is 23.7 Å². The van der Waals surface area contributed by atoms with Crippen molar-refractivity contribution >= 4 is 51.0 Å². The highest BCUT2D eigenvalue weighted by atomic mass is 33.1. The van der Waals surface area contributed by atoms with Crippen molar-refractivity contribution in [3.8, 4) is 11.8 Å². The molecule has 5 unspecified atom stereocenters. The molecule has 1 fully saturated rings. The number of phosphoric acid groups is 3. The first-order valence-corrected chi connectivity index (χ1v) is 17.9. The highest BCUT2D eigenvalue weighted by Crippen LogP contribution is 2.66. The molecule has 0 aliphatic carbocycles. The van der Waals surface area contributed by atoms with Crippen LogP contribution in [-0.2, 0) is 41.1 Å². The van der Waals surface area contributed by atoms with Crippen molar-refractivity contribution in [1.82, 2.24) is 14.9 Å². The number of hydrogen-bond donors (Lipinski definition) is 6. The van der Waals surface area contributed by atoms with Crippen LogP contribution in [0.5, 0.6) is 0 Å². The maximum atomic E-state index is 12.5. The van der Waals surface area contributed by atoms with Crippen LogP contribution in [0.15, 0.2) is 15.8 Å². The Labute approximate surface area is 234 Å². The van der Waals surface area contributed by atoms with Gasteiger partial charge < -0.3 is 34.4 Å². The van der Waals surface area contributed by atoms with Crippen molar-refractivity contribution in [2.24, 2.45) is 0 Å². The smallest absolute Gasteiger partial charge is 0.361 e. The van der Waals surface area contributed by atoms with Gasteiger partial charge in [-0.2, -0.15) is 8.62 Å². The van der Waals surface area contributed by atoms with E-state index in [4.69, 9.17) is 19.3 Å². The minimum atomic E-state index is -5.73. The second-order valence-electron chi connectivity index (χ2n) is 7.68. The van der Waals surface area contributed by atoms with Crippen LogP contribution in [0.3, 0.4) is 0 Å². The summed E-state index contributed by atoms with van der Waals surface area (Å²) in [5, 5.41) is 2.42. The predicted molar refractivity (Wildman–Crippen MR) is 141 cm³/mol. The summed E-state index contributed by atoms with van der Waals surface area (Å²) in [5.74, 6) is 4.74. The Balaban J connectivity index is 2.26. The van der Waals surface area contributed by atoms with E-state index in [1.54, 1.807) is 13.2 Å². The minimum absolute atomic E-state index is 0.0333. The van der Waals surface area contributed by atoms with Gasteiger partial charge in [-0.1, -0.05) is 33.4 Å². The van der Waals surface area contributed by atoms with Gasteiger partial charge in [0.1, 0.15) is 23.3 Å². The van der Waals surface area contributed by atoms with Crippen LogP contribution in [-0.4, -0.2) is 72.1 Å². The van der Waals surface area contributed by atoms with Gasteiger partial charge in [0.05, 0.1) is 19.3 Å². The van der Waals surface area contributed by atoms with E-state index in [1.807, 2.05) is 0 Å². The molecule has 1 aliphatic rings. The molecule has 0 saturated carbocycles. The number of carbonyl (C=O) groups is 1. The lowest BCUT2D eigenvalue weighted by Gasteiger charge is -2.23. The summed E-state index contributed by atoms with van der Waals surface area (Å²) in [6.07, 6.45) is -0.304. The van der Waals surface area contributed by atoms with Gasteiger partial charge in [0.15, 0.2) is 0 Å². The number of nitrogens with one attached hydrogen (secondary N) is 2. The zero-order valence-electron chi connectivity index (χ0n) is 20.9. The number of rotatable bonds is 13. The minimum Gasteiger partial charge on any atom is -0.361 e. The molecular formula is C17H26N3O15P3S2. The number of ether oxygens (including phenoxy) is 2. The van der Waals surface area contributed by atoms with Crippen LogP contribution in [0.1, 0.15) is 32.1 Å². The van der Waals surface area contributed by atoms with E-state index >= 15 is 0 Å². The summed E-state index contributed by atoms with van der Waals surface area (Å²) in [5.41, 5.74) is -2.24. The highest BCUT2D eigenvalue weighted by molar-refractivity contribution is 8.76. The van der Waals surface area contributed by atoms with Crippen LogP contribution in [0.2, 0.25) is 0 Å². The molecule has 1 aromatic rings. The molecule has 1 amide bonds. The SMILES string of the molecule is CSS[C@@H](C)OC1CC(n2cc(C#CCNC(C)=O)c(=O)[nH]c2=O)OC1COP(=O)(O)OP(=O)(O)OP(=O)(O)O. The fraction of sp³-hybridized carbons (Fsp3) is 0.588. The summed E-state index contributed by atoms with van der Waals surface area (Å²) >= 11 is 0. The van der Waals surface area contributed by atoms with E-state index in [0.717, 1.165) is 10.8 Å².